The summed E-state index contributed by atoms with van der Waals surface area (Å²) in [6.45, 7) is -0.180. The van der Waals surface area contributed by atoms with Crippen LogP contribution in [0.3, 0.4) is 0 Å². The van der Waals surface area contributed by atoms with Crippen LogP contribution in [0.2, 0.25) is 0 Å². The highest BCUT2D eigenvalue weighted by Gasteiger charge is 2.13. The number of pyridine rings is 1. The van der Waals surface area contributed by atoms with E-state index in [4.69, 9.17) is 5.11 Å². The summed E-state index contributed by atoms with van der Waals surface area (Å²) in [6, 6.07) is 1.56. The highest BCUT2D eigenvalue weighted by atomic mass is 16.5. The molecule has 80 valence electrons. The Hall–Kier alpha value is -1.75. The Balaban J connectivity index is 3.13. The van der Waals surface area contributed by atoms with Crippen molar-refractivity contribution in [3.63, 3.8) is 0 Å². The smallest absolute Gasteiger partial charge is 0.356 e. The van der Waals surface area contributed by atoms with Crippen molar-refractivity contribution in [1.82, 2.24) is 4.98 Å². The van der Waals surface area contributed by atoms with E-state index in [0.29, 0.717) is 17.4 Å². The van der Waals surface area contributed by atoms with Gasteiger partial charge in [-0.25, -0.2) is 9.78 Å². The van der Waals surface area contributed by atoms with Crippen molar-refractivity contribution in [1.29, 1.82) is 0 Å². The second kappa shape index (κ2) is 5.21. The van der Waals surface area contributed by atoms with E-state index in [0.717, 1.165) is 0 Å². The first-order valence-electron chi connectivity index (χ1n) is 4.33. The molecule has 0 aromatic carbocycles. The summed E-state index contributed by atoms with van der Waals surface area (Å²) in [5, 5.41) is 8.87. The Bertz CT molecular complexity index is 376. The lowest BCUT2D eigenvalue weighted by Gasteiger charge is -2.05. The molecule has 0 atom stereocenters. The number of methoxy groups -OCH3 is 1. The van der Waals surface area contributed by atoms with Gasteiger partial charge in [0.15, 0.2) is 5.69 Å². The van der Waals surface area contributed by atoms with Crippen molar-refractivity contribution < 1.29 is 19.4 Å². The predicted molar refractivity (Wildman–Crippen MR) is 51.3 cm³/mol. The van der Waals surface area contributed by atoms with Gasteiger partial charge in [0.1, 0.15) is 6.29 Å². The summed E-state index contributed by atoms with van der Waals surface area (Å²) in [5.74, 6) is -0.587. The molecule has 0 aliphatic rings. The SMILES string of the molecule is COC(=O)c1ncc(CO)cc1CC=O. The third-order valence-corrected chi connectivity index (χ3v) is 1.89. The van der Waals surface area contributed by atoms with Gasteiger partial charge in [0.2, 0.25) is 0 Å². The third kappa shape index (κ3) is 2.60. The highest BCUT2D eigenvalue weighted by Crippen LogP contribution is 2.10. The average molecular weight is 209 g/mol. The molecule has 0 bridgehead atoms. The van der Waals surface area contributed by atoms with Gasteiger partial charge in [-0.1, -0.05) is 0 Å². The van der Waals surface area contributed by atoms with Gasteiger partial charge in [0.05, 0.1) is 13.7 Å². The summed E-state index contributed by atoms with van der Waals surface area (Å²) < 4.78 is 4.52. The standard InChI is InChI=1S/C10H11NO4/c1-15-10(14)9-8(2-3-12)4-7(6-13)5-11-9/h3-5,13H,2,6H2,1H3. The van der Waals surface area contributed by atoms with Crippen molar-refractivity contribution in [2.75, 3.05) is 7.11 Å². The second-order valence-electron chi connectivity index (χ2n) is 2.87. The Kier molecular flexibility index (Phi) is 3.93. The van der Waals surface area contributed by atoms with E-state index in [1.165, 1.54) is 13.3 Å². The number of carbonyl (C=O) groups is 2. The van der Waals surface area contributed by atoms with Gasteiger partial charge >= 0.3 is 5.97 Å². The maximum Gasteiger partial charge on any atom is 0.356 e. The normalized spacial score (nSPS) is 9.73. The van der Waals surface area contributed by atoms with E-state index >= 15 is 0 Å². The maximum absolute atomic E-state index is 11.2. The van der Waals surface area contributed by atoms with Crippen LogP contribution in [0.25, 0.3) is 0 Å². The average Bonchev–Trinajstić information content (AvgIpc) is 2.28. The van der Waals surface area contributed by atoms with Gasteiger partial charge in [0.25, 0.3) is 0 Å². The highest BCUT2D eigenvalue weighted by molar-refractivity contribution is 5.89. The number of aldehydes is 1. The minimum Gasteiger partial charge on any atom is -0.464 e. The van der Waals surface area contributed by atoms with Gasteiger partial charge in [-0.3, -0.25) is 0 Å². The predicted octanol–water partition coefficient (Wildman–Crippen LogP) is 0.102. The van der Waals surface area contributed by atoms with Crippen LogP contribution in [0.15, 0.2) is 12.3 Å². The molecule has 1 aromatic rings. The number of ether oxygens (including phenoxy) is 1. The zero-order valence-electron chi connectivity index (χ0n) is 8.27. The topological polar surface area (TPSA) is 76.5 Å². The molecule has 1 N–H and O–H groups in total. The van der Waals surface area contributed by atoms with Gasteiger partial charge in [-0.15, -0.1) is 0 Å². The van der Waals surface area contributed by atoms with Gasteiger partial charge in [0, 0.05) is 12.6 Å². The summed E-state index contributed by atoms with van der Waals surface area (Å²) >= 11 is 0. The van der Waals surface area contributed by atoms with E-state index in [9.17, 15) is 9.59 Å². The molecular weight excluding hydrogens is 198 g/mol. The molecule has 1 rings (SSSR count). The van der Waals surface area contributed by atoms with E-state index in [1.807, 2.05) is 0 Å². The van der Waals surface area contributed by atoms with Gasteiger partial charge in [-0.2, -0.15) is 0 Å². The molecule has 0 spiro atoms. The number of hydrogen-bond acceptors (Lipinski definition) is 5. The molecular formula is C10H11NO4. The third-order valence-electron chi connectivity index (χ3n) is 1.89. The van der Waals surface area contributed by atoms with E-state index in [-0.39, 0.29) is 18.7 Å². The lowest BCUT2D eigenvalue weighted by atomic mass is 10.1. The molecule has 0 aliphatic carbocycles. The largest absolute Gasteiger partial charge is 0.464 e. The van der Waals surface area contributed by atoms with Crippen LogP contribution in [0.1, 0.15) is 21.6 Å². The fourth-order valence-electron chi connectivity index (χ4n) is 1.17. The fourth-order valence-corrected chi connectivity index (χ4v) is 1.17. The fraction of sp³-hybridized carbons (Fsp3) is 0.300. The number of esters is 1. The van der Waals surface area contributed by atoms with Gasteiger partial charge in [-0.05, 0) is 17.2 Å². The zero-order valence-corrected chi connectivity index (χ0v) is 8.27. The summed E-state index contributed by atoms with van der Waals surface area (Å²) in [4.78, 5) is 25.5. The molecule has 15 heavy (non-hydrogen) atoms. The molecule has 0 radical (unpaired) electrons. The number of nitrogens with zero attached hydrogens (tertiary/aromatic N) is 1. The molecule has 0 fully saturated rings. The molecule has 5 nitrogen and oxygen atoms in total. The first kappa shape index (κ1) is 11.3. The Labute approximate surface area is 86.7 Å². The van der Waals surface area contributed by atoms with Crippen LogP contribution >= 0.6 is 0 Å². The minimum absolute atomic E-state index is 0.0747. The van der Waals surface area contributed by atoms with Crippen LogP contribution in [0.5, 0.6) is 0 Å². The van der Waals surface area contributed by atoms with Crippen LogP contribution in [-0.4, -0.2) is 29.5 Å². The number of aliphatic hydroxyl groups excluding tert-OH is 1. The molecule has 0 saturated heterocycles. The molecule has 1 aromatic heterocycles. The molecule has 0 unspecified atom stereocenters. The van der Waals surface area contributed by atoms with Crippen molar-refractivity contribution in [3.8, 4) is 0 Å². The maximum atomic E-state index is 11.2. The summed E-state index contributed by atoms with van der Waals surface area (Å²) in [7, 11) is 1.24. The van der Waals surface area contributed by atoms with Crippen molar-refractivity contribution in [2.24, 2.45) is 0 Å². The van der Waals surface area contributed by atoms with Crippen LogP contribution in [0, 0.1) is 0 Å². The number of aromatic nitrogens is 1. The Morgan fingerprint density at radius 2 is 2.40 bits per heavy atom. The molecule has 0 aliphatic heterocycles. The summed E-state index contributed by atoms with van der Waals surface area (Å²) in [6.07, 6.45) is 2.12. The number of carbonyl (C=O) groups excluding carboxylic acids is 2. The monoisotopic (exact) mass is 209 g/mol. The van der Waals surface area contributed by atoms with E-state index in [2.05, 4.69) is 9.72 Å². The lowest BCUT2D eigenvalue weighted by molar-refractivity contribution is -0.107. The molecule has 0 amide bonds. The number of rotatable bonds is 4. The summed E-state index contributed by atoms with van der Waals surface area (Å²) in [5.41, 5.74) is 1.13. The van der Waals surface area contributed by atoms with Gasteiger partial charge < -0.3 is 14.6 Å². The lowest BCUT2D eigenvalue weighted by Crippen LogP contribution is -2.10. The minimum atomic E-state index is -0.587. The molecule has 0 saturated carbocycles. The second-order valence-corrected chi connectivity index (χ2v) is 2.87. The van der Waals surface area contributed by atoms with Crippen molar-refractivity contribution in [3.05, 3.63) is 29.1 Å². The Morgan fingerprint density at radius 1 is 1.67 bits per heavy atom. The van der Waals surface area contributed by atoms with E-state index in [1.54, 1.807) is 6.07 Å². The Morgan fingerprint density at radius 3 is 2.93 bits per heavy atom. The molecule has 5 heteroatoms. The quantitative estimate of drug-likeness (QED) is 0.562. The van der Waals surface area contributed by atoms with E-state index < -0.39 is 5.97 Å². The van der Waals surface area contributed by atoms with Crippen LogP contribution in [-0.2, 0) is 22.6 Å². The molecule has 1 heterocycles. The zero-order chi connectivity index (χ0) is 11.3. The van der Waals surface area contributed by atoms with Crippen LogP contribution in [0.4, 0.5) is 0 Å². The van der Waals surface area contributed by atoms with Crippen molar-refractivity contribution in [2.45, 2.75) is 13.0 Å². The first-order valence-corrected chi connectivity index (χ1v) is 4.33. The first-order chi connectivity index (χ1) is 7.22. The number of aliphatic hydroxyl groups is 1. The van der Waals surface area contributed by atoms with Crippen LogP contribution < -0.4 is 0 Å². The number of hydrogen-bond donors (Lipinski definition) is 1. The van der Waals surface area contributed by atoms with Crippen molar-refractivity contribution >= 4 is 12.3 Å².